The molecule has 0 aromatic carbocycles. The van der Waals surface area contributed by atoms with E-state index in [1.807, 2.05) is 6.20 Å². The predicted octanol–water partition coefficient (Wildman–Crippen LogP) is 3.30. The molecule has 0 saturated carbocycles. The summed E-state index contributed by atoms with van der Waals surface area (Å²) in [5.41, 5.74) is 1.20. The van der Waals surface area contributed by atoms with E-state index in [9.17, 15) is 0 Å². The van der Waals surface area contributed by atoms with Crippen LogP contribution in [0, 0.1) is 12.8 Å². The fraction of sp³-hybridized carbons (Fsp3) is 0.643. The van der Waals surface area contributed by atoms with Gasteiger partial charge in [-0.25, -0.2) is 4.98 Å². The van der Waals surface area contributed by atoms with Crippen LogP contribution in [0.1, 0.15) is 24.8 Å². The van der Waals surface area contributed by atoms with Crippen LogP contribution in [0.3, 0.4) is 0 Å². The van der Waals surface area contributed by atoms with E-state index in [-0.39, 0.29) is 0 Å². The highest BCUT2D eigenvalue weighted by molar-refractivity contribution is 9.10. The number of aromatic nitrogens is 1. The monoisotopic (exact) mass is 311 g/mol. The Morgan fingerprint density at radius 2 is 2.39 bits per heavy atom. The number of hydrogen-bond acceptors (Lipinski definition) is 3. The molecule has 1 saturated heterocycles. The van der Waals surface area contributed by atoms with Crippen molar-refractivity contribution in [3.63, 3.8) is 0 Å². The fourth-order valence-electron chi connectivity index (χ4n) is 2.63. The molecule has 0 bridgehead atoms. The van der Waals surface area contributed by atoms with Crippen molar-refractivity contribution in [3.05, 3.63) is 22.3 Å². The second kappa shape index (κ2) is 6.53. The van der Waals surface area contributed by atoms with E-state index in [0.29, 0.717) is 0 Å². The van der Waals surface area contributed by atoms with E-state index < -0.39 is 0 Å². The number of anilines is 1. The second-order valence-corrected chi connectivity index (χ2v) is 6.22. The molecule has 0 aliphatic carbocycles. The molecule has 2 heterocycles. The molecule has 4 heteroatoms. The van der Waals surface area contributed by atoms with Gasteiger partial charge in [0, 0.05) is 23.8 Å². The maximum atomic E-state index is 4.41. The molecule has 1 N–H and O–H groups in total. The molecule has 18 heavy (non-hydrogen) atoms. The molecule has 2 rings (SSSR count). The molecule has 3 nitrogen and oxygen atoms in total. The average molecular weight is 312 g/mol. The van der Waals surface area contributed by atoms with Crippen molar-refractivity contribution in [2.24, 2.45) is 5.92 Å². The van der Waals surface area contributed by atoms with Gasteiger partial charge >= 0.3 is 0 Å². The van der Waals surface area contributed by atoms with E-state index in [4.69, 9.17) is 0 Å². The van der Waals surface area contributed by atoms with Gasteiger partial charge in [-0.2, -0.15) is 0 Å². The lowest BCUT2D eigenvalue weighted by molar-refractivity contribution is 0.205. The van der Waals surface area contributed by atoms with Crippen LogP contribution < -0.4 is 5.32 Å². The number of rotatable bonds is 4. The van der Waals surface area contributed by atoms with Crippen LogP contribution in [0.5, 0.6) is 0 Å². The Morgan fingerprint density at radius 3 is 3.11 bits per heavy atom. The summed E-state index contributed by atoms with van der Waals surface area (Å²) in [4.78, 5) is 6.85. The predicted molar refractivity (Wildman–Crippen MR) is 80.0 cm³/mol. The summed E-state index contributed by atoms with van der Waals surface area (Å²) in [6.07, 6.45) is 5.81. The van der Waals surface area contributed by atoms with Crippen LogP contribution in [0.15, 0.2) is 16.7 Å². The van der Waals surface area contributed by atoms with E-state index in [2.05, 4.69) is 51.2 Å². The number of likely N-dealkylation sites (tertiary alicyclic amines) is 1. The summed E-state index contributed by atoms with van der Waals surface area (Å²) in [7, 11) is 2.22. The Kier molecular flexibility index (Phi) is 5.01. The van der Waals surface area contributed by atoms with E-state index in [0.717, 1.165) is 22.8 Å². The molecular weight excluding hydrogens is 290 g/mol. The molecule has 1 unspecified atom stereocenters. The van der Waals surface area contributed by atoms with Crippen molar-refractivity contribution >= 4 is 21.7 Å². The summed E-state index contributed by atoms with van der Waals surface area (Å²) in [6.45, 7) is 5.62. The first-order valence-electron chi connectivity index (χ1n) is 6.69. The average Bonchev–Trinajstić information content (AvgIpc) is 2.32. The van der Waals surface area contributed by atoms with Gasteiger partial charge < -0.3 is 10.2 Å². The zero-order valence-electron chi connectivity index (χ0n) is 11.2. The third-order valence-electron chi connectivity index (χ3n) is 3.61. The van der Waals surface area contributed by atoms with Gasteiger partial charge in [0.15, 0.2) is 0 Å². The lowest BCUT2D eigenvalue weighted by atomic mass is 9.95. The quantitative estimate of drug-likeness (QED) is 0.924. The Balaban J connectivity index is 1.77. The summed E-state index contributed by atoms with van der Waals surface area (Å²) in [5.74, 6) is 1.86. The van der Waals surface area contributed by atoms with Crippen LogP contribution in [0.2, 0.25) is 0 Å². The van der Waals surface area contributed by atoms with Crippen molar-refractivity contribution in [1.82, 2.24) is 9.88 Å². The lowest BCUT2D eigenvalue weighted by Crippen LogP contribution is -2.32. The van der Waals surface area contributed by atoms with Gasteiger partial charge in [0.25, 0.3) is 0 Å². The normalized spacial score (nSPS) is 20.9. The summed E-state index contributed by atoms with van der Waals surface area (Å²) >= 11 is 3.44. The fourth-order valence-corrected chi connectivity index (χ4v) is 3.07. The zero-order valence-corrected chi connectivity index (χ0v) is 12.8. The van der Waals surface area contributed by atoms with Crippen LogP contribution in [0.25, 0.3) is 0 Å². The van der Waals surface area contributed by atoms with E-state index >= 15 is 0 Å². The van der Waals surface area contributed by atoms with Crippen LogP contribution >= 0.6 is 15.9 Å². The van der Waals surface area contributed by atoms with Crippen LogP contribution in [0.4, 0.5) is 5.82 Å². The largest absolute Gasteiger partial charge is 0.370 e. The van der Waals surface area contributed by atoms with Crippen molar-refractivity contribution in [3.8, 4) is 0 Å². The first-order valence-corrected chi connectivity index (χ1v) is 7.49. The highest BCUT2D eigenvalue weighted by Gasteiger charge is 2.16. The van der Waals surface area contributed by atoms with Gasteiger partial charge in [-0.1, -0.05) is 0 Å². The third kappa shape index (κ3) is 3.95. The second-order valence-electron chi connectivity index (χ2n) is 5.30. The van der Waals surface area contributed by atoms with Gasteiger partial charge in [-0.15, -0.1) is 0 Å². The Hall–Kier alpha value is -0.610. The minimum Gasteiger partial charge on any atom is -0.370 e. The molecule has 0 amide bonds. The molecular formula is C14H22BrN3. The number of hydrogen-bond donors (Lipinski definition) is 1. The topological polar surface area (TPSA) is 28.2 Å². The first-order chi connectivity index (χ1) is 8.65. The van der Waals surface area contributed by atoms with Crippen LogP contribution in [-0.2, 0) is 0 Å². The number of nitrogens with zero attached hydrogens (tertiary/aromatic N) is 2. The highest BCUT2D eigenvalue weighted by Crippen LogP contribution is 2.20. The molecule has 100 valence electrons. The van der Waals surface area contributed by atoms with E-state index in [1.165, 1.54) is 37.9 Å². The van der Waals surface area contributed by atoms with Crippen molar-refractivity contribution < 1.29 is 0 Å². The number of piperidine rings is 1. The smallest absolute Gasteiger partial charge is 0.128 e. The minimum absolute atomic E-state index is 0.840. The molecule has 1 aromatic rings. The minimum atomic E-state index is 0.840. The molecule has 0 spiro atoms. The van der Waals surface area contributed by atoms with Crippen molar-refractivity contribution in [2.45, 2.75) is 26.2 Å². The summed E-state index contributed by atoms with van der Waals surface area (Å²) in [5, 5.41) is 3.45. The van der Waals surface area contributed by atoms with Crippen molar-refractivity contribution in [1.29, 1.82) is 0 Å². The Bertz CT molecular complexity index is 395. The molecule has 0 radical (unpaired) electrons. The molecule has 1 fully saturated rings. The molecule has 1 aromatic heterocycles. The molecule has 1 aliphatic rings. The number of halogens is 1. The van der Waals surface area contributed by atoms with Crippen LogP contribution in [-0.4, -0.2) is 36.6 Å². The first kappa shape index (κ1) is 13.8. The standard InChI is InChI=1S/C14H22BrN3/c1-11-8-13(15)9-17-14(11)16-6-5-12-4-3-7-18(2)10-12/h8-9,12H,3-7,10H2,1-2H3,(H,16,17). The van der Waals surface area contributed by atoms with Gasteiger partial charge in [0.2, 0.25) is 0 Å². The lowest BCUT2D eigenvalue weighted by Gasteiger charge is -2.29. The van der Waals surface area contributed by atoms with Gasteiger partial charge in [-0.05, 0) is 73.3 Å². The Morgan fingerprint density at radius 1 is 1.56 bits per heavy atom. The Labute approximate surface area is 118 Å². The summed E-state index contributed by atoms with van der Waals surface area (Å²) < 4.78 is 1.04. The number of nitrogens with one attached hydrogen (secondary N) is 1. The van der Waals surface area contributed by atoms with Gasteiger partial charge in [-0.3, -0.25) is 0 Å². The van der Waals surface area contributed by atoms with Crippen molar-refractivity contribution in [2.75, 3.05) is 32.0 Å². The number of pyridine rings is 1. The van der Waals surface area contributed by atoms with Gasteiger partial charge in [0.05, 0.1) is 0 Å². The SMILES string of the molecule is Cc1cc(Br)cnc1NCCC1CCCN(C)C1. The molecule has 1 atom stereocenters. The molecule has 1 aliphatic heterocycles. The zero-order chi connectivity index (χ0) is 13.0. The highest BCUT2D eigenvalue weighted by atomic mass is 79.9. The maximum Gasteiger partial charge on any atom is 0.128 e. The maximum absolute atomic E-state index is 4.41. The van der Waals surface area contributed by atoms with E-state index in [1.54, 1.807) is 0 Å². The number of aryl methyl sites for hydroxylation is 1. The summed E-state index contributed by atoms with van der Waals surface area (Å²) in [6, 6.07) is 2.10. The third-order valence-corrected chi connectivity index (χ3v) is 4.05. The van der Waals surface area contributed by atoms with Gasteiger partial charge in [0.1, 0.15) is 5.82 Å².